The van der Waals surface area contributed by atoms with Crippen LogP contribution in [0.5, 0.6) is 0 Å². The Labute approximate surface area is 246 Å². The largest absolute Gasteiger partial charge is 0.382 e. The van der Waals surface area contributed by atoms with Crippen molar-refractivity contribution in [2.75, 3.05) is 28.6 Å². The lowest BCUT2D eigenvalue weighted by molar-refractivity contribution is 0.375. The number of nitrogens with one attached hydrogen (secondary N) is 2. The van der Waals surface area contributed by atoms with Crippen LogP contribution in [0.15, 0.2) is 55.0 Å². The van der Waals surface area contributed by atoms with E-state index in [2.05, 4.69) is 55.7 Å². The molecule has 5 aromatic rings. The number of nitrogens with zero attached hydrogens (tertiary/aromatic N) is 8. The first-order chi connectivity index (χ1) is 20.5. The average molecular weight is 581 g/mol. The van der Waals surface area contributed by atoms with E-state index in [0.29, 0.717) is 23.2 Å². The van der Waals surface area contributed by atoms with E-state index in [0.717, 1.165) is 64.2 Å². The predicted octanol–water partition coefficient (Wildman–Crippen LogP) is 5.47. The van der Waals surface area contributed by atoms with Crippen LogP contribution in [-0.2, 0) is 0 Å². The van der Waals surface area contributed by atoms with Crippen molar-refractivity contribution in [1.82, 2.24) is 29.8 Å². The molecule has 2 fully saturated rings. The molecule has 212 valence electrons. The molecule has 12 heteroatoms. The van der Waals surface area contributed by atoms with Gasteiger partial charge in [0.1, 0.15) is 6.07 Å². The highest BCUT2D eigenvalue weighted by Gasteiger charge is 2.43. The smallest absolute Gasteiger partial charge is 0.208 e. The van der Waals surface area contributed by atoms with Gasteiger partial charge in [0, 0.05) is 43.3 Å². The Kier molecular flexibility index (Phi) is 6.66. The molecule has 2 N–H and O–H groups in total. The van der Waals surface area contributed by atoms with Crippen molar-refractivity contribution < 1.29 is 4.39 Å². The van der Waals surface area contributed by atoms with Crippen LogP contribution >= 0.6 is 11.3 Å². The first-order valence-corrected chi connectivity index (χ1v) is 14.9. The Morgan fingerprint density at radius 2 is 1.90 bits per heavy atom. The fourth-order valence-corrected chi connectivity index (χ4v) is 7.05. The quantitative estimate of drug-likeness (QED) is 0.258. The van der Waals surface area contributed by atoms with Crippen molar-refractivity contribution in [2.45, 2.75) is 38.8 Å². The third kappa shape index (κ3) is 4.79. The number of aromatic nitrogens is 6. The standard InChI is InChI=1S/C30H29FN10S/c1-17(2)36-24-11-25(26-8-7-21-10-18(12-32)13-35-41(21)26)34-14-22(24)29-38-39-30(42-29)40-15-19-5-6-20(16-40)27(19)37-28-23(31)4-3-9-33-28/h3-4,7-11,13-14,17,19-20,27H,5-6,15-16H2,1-2H3,(H,33,37)(H,34,36)/t19-,20+,27-. The van der Waals surface area contributed by atoms with Crippen molar-refractivity contribution in [1.29, 1.82) is 5.26 Å². The Hall–Kier alpha value is -4.63. The van der Waals surface area contributed by atoms with Crippen molar-refractivity contribution in [3.05, 3.63) is 66.4 Å². The maximum absolute atomic E-state index is 14.3. The molecule has 0 radical (unpaired) electrons. The van der Waals surface area contributed by atoms with Gasteiger partial charge in [-0.1, -0.05) is 11.3 Å². The first-order valence-electron chi connectivity index (χ1n) is 14.1. The highest BCUT2D eigenvalue weighted by atomic mass is 32.1. The van der Waals surface area contributed by atoms with E-state index in [1.54, 1.807) is 34.3 Å². The number of nitriles is 1. The van der Waals surface area contributed by atoms with Crippen molar-refractivity contribution >= 4 is 33.5 Å². The minimum Gasteiger partial charge on any atom is -0.382 e. The lowest BCUT2D eigenvalue weighted by atomic mass is 9.92. The molecule has 7 rings (SSSR count). The molecular formula is C30H29FN10S. The zero-order chi connectivity index (χ0) is 28.8. The number of hydrogen-bond donors (Lipinski definition) is 2. The van der Waals surface area contributed by atoms with Crippen molar-refractivity contribution in [3.63, 3.8) is 0 Å². The molecule has 3 atom stereocenters. The summed E-state index contributed by atoms with van der Waals surface area (Å²) in [5, 5.41) is 31.5. The molecule has 0 amide bonds. The van der Waals surface area contributed by atoms with E-state index in [4.69, 9.17) is 4.98 Å². The molecule has 1 aliphatic carbocycles. The number of anilines is 3. The topological polar surface area (TPSA) is 120 Å². The summed E-state index contributed by atoms with van der Waals surface area (Å²) in [6.45, 7) is 5.87. The third-order valence-corrected chi connectivity index (χ3v) is 9.07. The normalized spacial score (nSPS) is 19.8. The molecule has 42 heavy (non-hydrogen) atoms. The minimum absolute atomic E-state index is 0.192. The third-order valence-electron chi connectivity index (χ3n) is 8.05. The molecule has 0 aromatic carbocycles. The van der Waals surface area contributed by atoms with Gasteiger partial charge in [0.15, 0.2) is 16.6 Å². The van der Waals surface area contributed by atoms with Gasteiger partial charge >= 0.3 is 0 Å². The van der Waals surface area contributed by atoms with E-state index in [1.807, 2.05) is 30.5 Å². The molecule has 5 aromatic heterocycles. The molecule has 6 heterocycles. The molecule has 1 saturated carbocycles. The molecule has 2 aliphatic rings. The fraction of sp³-hybridized carbons (Fsp3) is 0.333. The highest BCUT2D eigenvalue weighted by Crippen LogP contribution is 2.42. The van der Waals surface area contributed by atoms with Gasteiger partial charge in [0.05, 0.1) is 34.2 Å². The molecule has 2 bridgehead atoms. The van der Waals surface area contributed by atoms with E-state index >= 15 is 0 Å². The second-order valence-electron chi connectivity index (χ2n) is 11.2. The number of halogens is 1. The Balaban J connectivity index is 1.14. The summed E-state index contributed by atoms with van der Waals surface area (Å²) in [5.41, 5.74) is 4.76. The zero-order valence-electron chi connectivity index (χ0n) is 23.2. The molecule has 1 aliphatic heterocycles. The summed E-state index contributed by atoms with van der Waals surface area (Å²) >= 11 is 1.57. The Morgan fingerprint density at radius 1 is 1.07 bits per heavy atom. The van der Waals surface area contributed by atoms with Gasteiger partial charge in [-0.05, 0) is 74.9 Å². The summed E-state index contributed by atoms with van der Waals surface area (Å²) in [6.07, 6.45) is 7.21. The SMILES string of the molecule is CC(C)Nc1cc(-c2ccc3cc(C#N)cnn23)ncc1-c1nnc(N2C[C@H]3CC[C@@H](C2)[C@@H]3Nc2ncccc2F)s1. The predicted molar refractivity (Wildman–Crippen MR) is 161 cm³/mol. The highest BCUT2D eigenvalue weighted by molar-refractivity contribution is 7.18. The van der Waals surface area contributed by atoms with Gasteiger partial charge in [-0.15, -0.1) is 10.2 Å². The Morgan fingerprint density at radius 3 is 2.67 bits per heavy atom. The van der Waals surface area contributed by atoms with E-state index in [1.165, 1.54) is 6.07 Å². The van der Waals surface area contributed by atoms with Gasteiger partial charge in [-0.3, -0.25) is 4.98 Å². The van der Waals surface area contributed by atoms with Gasteiger partial charge in [0.25, 0.3) is 0 Å². The van der Waals surface area contributed by atoms with Crippen LogP contribution in [0.25, 0.3) is 27.5 Å². The number of rotatable bonds is 7. The van der Waals surface area contributed by atoms with Gasteiger partial charge in [-0.2, -0.15) is 10.4 Å². The zero-order valence-corrected chi connectivity index (χ0v) is 24.0. The van der Waals surface area contributed by atoms with Crippen LogP contribution in [0.4, 0.5) is 21.0 Å². The van der Waals surface area contributed by atoms with Crippen LogP contribution in [-0.4, -0.2) is 55.0 Å². The monoisotopic (exact) mass is 580 g/mol. The maximum atomic E-state index is 14.3. The Bertz CT molecular complexity index is 1790. The number of piperidine rings is 1. The fourth-order valence-electron chi connectivity index (χ4n) is 6.17. The number of hydrogen-bond acceptors (Lipinski definition) is 10. The van der Waals surface area contributed by atoms with Crippen LogP contribution in [0, 0.1) is 29.0 Å². The first kappa shape index (κ1) is 26.3. The molecule has 0 spiro atoms. The summed E-state index contributed by atoms with van der Waals surface area (Å²) in [5.74, 6) is 0.786. The number of pyridine rings is 2. The van der Waals surface area contributed by atoms with E-state index in [9.17, 15) is 9.65 Å². The lowest BCUT2D eigenvalue weighted by Gasteiger charge is -2.38. The minimum atomic E-state index is -0.312. The van der Waals surface area contributed by atoms with Gasteiger partial charge in [0.2, 0.25) is 5.13 Å². The second-order valence-corrected chi connectivity index (χ2v) is 12.2. The van der Waals surface area contributed by atoms with Crippen LogP contribution in [0.3, 0.4) is 0 Å². The summed E-state index contributed by atoms with van der Waals surface area (Å²) in [4.78, 5) is 11.3. The van der Waals surface area contributed by atoms with E-state index in [-0.39, 0.29) is 17.9 Å². The van der Waals surface area contributed by atoms with E-state index < -0.39 is 0 Å². The summed E-state index contributed by atoms with van der Waals surface area (Å²) in [7, 11) is 0. The second kappa shape index (κ2) is 10.6. The molecular weight excluding hydrogens is 551 g/mol. The van der Waals surface area contributed by atoms with Crippen molar-refractivity contribution in [3.8, 4) is 28.0 Å². The lowest BCUT2D eigenvalue weighted by Crippen LogP contribution is -2.48. The van der Waals surface area contributed by atoms with Crippen LogP contribution < -0.4 is 15.5 Å². The summed E-state index contributed by atoms with van der Waals surface area (Å²) < 4.78 is 16.1. The molecule has 0 unspecified atom stereocenters. The average Bonchev–Trinajstić information content (AvgIpc) is 3.69. The van der Waals surface area contributed by atoms with Gasteiger partial charge in [-0.25, -0.2) is 13.9 Å². The van der Waals surface area contributed by atoms with Gasteiger partial charge < -0.3 is 15.5 Å². The van der Waals surface area contributed by atoms with Crippen molar-refractivity contribution in [2.24, 2.45) is 11.8 Å². The molecule has 1 saturated heterocycles. The van der Waals surface area contributed by atoms with Crippen LogP contribution in [0.2, 0.25) is 0 Å². The molecule has 10 nitrogen and oxygen atoms in total. The number of fused-ring (bicyclic) bond motifs is 3. The maximum Gasteiger partial charge on any atom is 0.208 e. The van der Waals surface area contributed by atoms with Crippen LogP contribution in [0.1, 0.15) is 32.3 Å². The summed E-state index contributed by atoms with van der Waals surface area (Å²) in [6, 6.07) is 13.3.